The van der Waals surface area contributed by atoms with Crippen molar-refractivity contribution in [3.63, 3.8) is 0 Å². The molecule has 0 fully saturated rings. The molecule has 0 saturated carbocycles. The monoisotopic (exact) mass is 482 g/mol. The highest BCUT2D eigenvalue weighted by molar-refractivity contribution is 5.81. The summed E-state index contributed by atoms with van der Waals surface area (Å²) >= 11 is 0. The molecular weight excluding hydrogens is 465 g/mol. The molecule has 0 saturated heterocycles. The number of pyridine rings is 1. The second-order valence-corrected chi connectivity index (χ2v) is 6.85. The van der Waals surface area contributed by atoms with Crippen LogP contribution in [-0.4, -0.2) is 43.0 Å². The van der Waals surface area contributed by atoms with Gasteiger partial charge < -0.3 is 14.6 Å². The van der Waals surface area contributed by atoms with Crippen LogP contribution in [0.2, 0.25) is 0 Å². The summed E-state index contributed by atoms with van der Waals surface area (Å²) in [6.45, 7) is -0.681. The average Bonchev–Trinajstić information content (AvgIpc) is 3.18. The molecule has 0 unspecified atom stereocenters. The molecule has 0 aliphatic carbocycles. The Kier molecular flexibility index (Phi) is 6.95. The number of hydrogen-bond donors (Lipinski definition) is 2. The number of methoxy groups -OCH3 is 1. The summed E-state index contributed by atoms with van der Waals surface area (Å²) in [5.74, 6) is -0.429. The predicted octanol–water partition coefficient (Wildman–Crippen LogP) is 3.62. The quantitative estimate of drug-likeness (QED) is 0.362. The lowest BCUT2D eigenvalue weighted by atomic mass is 10.1. The third kappa shape index (κ3) is 5.74. The Labute approximate surface area is 189 Å². The van der Waals surface area contributed by atoms with E-state index >= 15 is 0 Å². The van der Waals surface area contributed by atoms with Gasteiger partial charge in [-0.1, -0.05) is 0 Å². The number of amides is 1. The molecule has 0 aliphatic rings. The molecule has 2 N–H and O–H groups in total. The number of halogens is 3. The summed E-state index contributed by atoms with van der Waals surface area (Å²) in [5, 5.41) is 26.2. The Morgan fingerprint density at radius 1 is 1.26 bits per heavy atom. The van der Waals surface area contributed by atoms with Crippen LogP contribution in [0.3, 0.4) is 0 Å². The zero-order chi connectivity index (χ0) is 25.0. The van der Waals surface area contributed by atoms with Crippen LogP contribution in [0.4, 0.5) is 29.5 Å². The van der Waals surface area contributed by atoms with Gasteiger partial charge in [-0.15, -0.1) is 0 Å². The van der Waals surface area contributed by atoms with Crippen LogP contribution >= 0.6 is 0 Å². The first-order valence-electron chi connectivity index (χ1n) is 9.35. The summed E-state index contributed by atoms with van der Waals surface area (Å²) in [6.07, 6.45) is -4.93. The van der Waals surface area contributed by atoms with Gasteiger partial charge in [-0.3, -0.25) is 20.1 Å². The first kappa shape index (κ1) is 24.4. The molecule has 1 aromatic carbocycles. The molecule has 3 aromatic rings. The van der Waals surface area contributed by atoms with E-state index in [1.54, 1.807) is 12.4 Å². The van der Waals surface area contributed by atoms with Crippen molar-refractivity contribution in [2.45, 2.75) is 19.4 Å². The standard InChI is InChI=1S/C19H17F3N6O6/c1-27-9-23-17(26-27)13-3-10(4-14(28(31)32)16(13)33-2)7-34-8-12-5-11(19(20,21)22)6-15(24-12)25-18(29)30/h3-6,9H,7-8H2,1-2H3,(H,24,25)(H,29,30). The maximum Gasteiger partial charge on any atom is 0.416 e. The molecule has 0 aliphatic heterocycles. The zero-order valence-electron chi connectivity index (χ0n) is 17.7. The van der Waals surface area contributed by atoms with Crippen molar-refractivity contribution in [1.82, 2.24) is 19.7 Å². The van der Waals surface area contributed by atoms with Gasteiger partial charge in [0, 0.05) is 13.1 Å². The fourth-order valence-corrected chi connectivity index (χ4v) is 3.01. The minimum atomic E-state index is -4.74. The van der Waals surface area contributed by atoms with Crippen molar-refractivity contribution < 1.29 is 37.5 Å². The molecule has 1 amide bonds. The number of aromatic nitrogens is 4. The number of nitrogens with zero attached hydrogens (tertiary/aromatic N) is 5. The second-order valence-electron chi connectivity index (χ2n) is 6.85. The number of nitrogens with one attached hydrogen (secondary N) is 1. The van der Waals surface area contributed by atoms with E-state index in [4.69, 9.17) is 14.6 Å². The average molecular weight is 482 g/mol. The molecule has 2 heterocycles. The number of carbonyl (C=O) groups is 1. The predicted molar refractivity (Wildman–Crippen MR) is 109 cm³/mol. The Morgan fingerprint density at radius 3 is 2.56 bits per heavy atom. The smallest absolute Gasteiger partial charge is 0.416 e. The van der Waals surface area contributed by atoms with Crippen LogP contribution in [0.25, 0.3) is 11.4 Å². The van der Waals surface area contributed by atoms with Gasteiger partial charge in [0.25, 0.3) is 0 Å². The fourth-order valence-electron chi connectivity index (χ4n) is 3.01. The first-order valence-corrected chi connectivity index (χ1v) is 9.35. The molecule has 15 heteroatoms. The highest BCUT2D eigenvalue weighted by Crippen LogP contribution is 2.38. The van der Waals surface area contributed by atoms with Crippen molar-refractivity contribution in [3.8, 4) is 17.1 Å². The van der Waals surface area contributed by atoms with Crippen LogP contribution in [0.5, 0.6) is 5.75 Å². The van der Waals surface area contributed by atoms with Crippen LogP contribution in [0.15, 0.2) is 30.6 Å². The SMILES string of the molecule is COc1c(-c2ncn(C)n2)cc(COCc2cc(C(F)(F)F)cc(NC(=O)O)n2)cc1[N+](=O)[O-]. The van der Waals surface area contributed by atoms with Gasteiger partial charge in [0.05, 0.1) is 42.1 Å². The van der Waals surface area contributed by atoms with E-state index in [0.29, 0.717) is 17.7 Å². The molecule has 0 atom stereocenters. The third-order valence-corrected chi connectivity index (χ3v) is 4.33. The molecule has 0 radical (unpaired) electrons. The van der Waals surface area contributed by atoms with E-state index in [9.17, 15) is 28.1 Å². The minimum Gasteiger partial charge on any atom is -0.490 e. The van der Waals surface area contributed by atoms with E-state index < -0.39 is 35.2 Å². The fraction of sp³-hybridized carbons (Fsp3) is 0.263. The van der Waals surface area contributed by atoms with Gasteiger partial charge in [0.1, 0.15) is 12.1 Å². The largest absolute Gasteiger partial charge is 0.490 e. The van der Waals surface area contributed by atoms with E-state index in [1.165, 1.54) is 30.3 Å². The van der Waals surface area contributed by atoms with Crippen molar-refractivity contribution >= 4 is 17.6 Å². The highest BCUT2D eigenvalue weighted by atomic mass is 19.4. The number of carboxylic acid groups (broad SMARTS) is 1. The summed E-state index contributed by atoms with van der Waals surface area (Å²) in [6, 6.07) is 3.96. The van der Waals surface area contributed by atoms with Crippen molar-refractivity contribution in [3.05, 3.63) is 57.5 Å². The van der Waals surface area contributed by atoms with E-state index in [1.807, 2.05) is 0 Å². The molecule has 12 nitrogen and oxygen atoms in total. The lowest BCUT2D eigenvalue weighted by Crippen LogP contribution is -2.13. The molecule has 2 aromatic heterocycles. The van der Waals surface area contributed by atoms with Crippen molar-refractivity contribution in [2.24, 2.45) is 7.05 Å². The van der Waals surface area contributed by atoms with Gasteiger partial charge in [0.15, 0.2) is 5.82 Å². The lowest BCUT2D eigenvalue weighted by Gasteiger charge is -2.12. The van der Waals surface area contributed by atoms with Crippen LogP contribution in [0.1, 0.15) is 16.8 Å². The number of rotatable bonds is 8. The zero-order valence-corrected chi connectivity index (χ0v) is 17.7. The van der Waals surface area contributed by atoms with Crippen LogP contribution in [0, 0.1) is 10.1 Å². The Balaban J connectivity index is 1.88. The third-order valence-electron chi connectivity index (χ3n) is 4.33. The van der Waals surface area contributed by atoms with E-state index in [-0.39, 0.29) is 35.1 Å². The Hall–Kier alpha value is -4.27. The molecule has 34 heavy (non-hydrogen) atoms. The highest BCUT2D eigenvalue weighted by Gasteiger charge is 2.32. The molecule has 0 bridgehead atoms. The van der Waals surface area contributed by atoms with Crippen molar-refractivity contribution in [2.75, 3.05) is 12.4 Å². The number of benzene rings is 1. The number of nitro groups is 1. The van der Waals surface area contributed by atoms with Gasteiger partial charge >= 0.3 is 18.0 Å². The van der Waals surface area contributed by atoms with E-state index in [2.05, 4.69) is 15.1 Å². The Bertz CT molecular complexity index is 1230. The first-order chi connectivity index (χ1) is 16.0. The number of alkyl halides is 3. The number of nitro benzene ring substituents is 1. The second kappa shape index (κ2) is 9.70. The number of hydrogen-bond acceptors (Lipinski definition) is 8. The summed E-state index contributed by atoms with van der Waals surface area (Å²) < 4.78 is 51.4. The van der Waals surface area contributed by atoms with Gasteiger partial charge in [-0.25, -0.2) is 14.8 Å². The van der Waals surface area contributed by atoms with Crippen LogP contribution < -0.4 is 10.1 Å². The topological polar surface area (TPSA) is 155 Å². The van der Waals surface area contributed by atoms with Gasteiger partial charge in [-0.2, -0.15) is 18.3 Å². The minimum absolute atomic E-state index is 0.0659. The maximum atomic E-state index is 13.1. The van der Waals surface area contributed by atoms with E-state index in [0.717, 1.165) is 0 Å². The number of anilines is 1. The number of aryl methyl sites for hydroxylation is 1. The molecule has 180 valence electrons. The number of ether oxygens (including phenoxy) is 2. The molecule has 0 spiro atoms. The van der Waals surface area contributed by atoms with Crippen molar-refractivity contribution in [1.29, 1.82) is 0 Å². The molecular formula is C19H17F3N6O6. The van der Waals surface area contributed by atoms with Crippen LogP contribution in [-0.2, 0) is 31.2 Å². The normalized spacial score (nSPS) is 11.3. The molecule has 3 rings (SSSR count). The summed E-state index contributed by atoms with van der Waals surface area (Å²) in [4.78, 5) is 29.5. The Morgan fingerprint density at radius 2 is 2.00 bits per heavy atom. The summed E-state index contributed by atoms with van der Waals surface area (Å²) in [7, 11) is 2.87. The van der Waals surface area contributed by atoms with Gasteiger partial charge in [0.2, 0.25) is 5.75 Å². The summed E-state index contributed by atoms with van der Waals surface area (Å²) in [5.41, 5.74) is -1.18. The lowest BCUT2D eigenvalue weighted by molar-refractivity contribution is -0.385. The van der Waals surface area contributed by atoms with Gasteiger partial charge in [-0.05, 0) is 23.8 Å². The maximum absolute atomic E-state index is 13.1.